The molecule has 0 bridgehead atoms. The van der Waals surface area contributed by atoms with Gasteiger partial charge in [-0.3, -0.25) is 9.59 Å². The van der Waals surface area contributed by atoms with E-state index in [-0.39, 0.29) is 12.1 Å². The Balaban J connectivity index is 1.86. The Kier molecular flexibility index (Phi) is 6.38. The summed E-state index contributed by atoms with van der Waals surface area (Å²) >= 11 is 3.40. The lowest BCUT2D eigenvalue weighted by Gasteiger charge is -2.18. The number of aromatic nitrogens is 3. The molecule has 1 aromatic heterocycles. The molecule has 0 aliphatic rings. The number of nitrogens with one attached hydrogen (secondary N) is 1. The Labute approximate surface area is 175 Å². The third-order valence-corrected chi connectivity index (χ3v) is 4.83. The highest BCUT2D eigenvalue weighted by Gasteiger charge is 2.23. The van der Waals surface area contributed by atoms with E-state index in [1.54, 1.807) is 11.6 Å². The van der Waals surface area contributed by atoms with Gasteiger partial charge in [0.2, 0.25) is 0 Å². The van der Waals surface area contributed by atoms with E-state index in [1.165, 1.54) is 31.4 Å². The van der Waals surface area contributed by atoms with Crippen molar-refractivity contribution in [2.45, 2.75) is 19.4 Å². The number of hydrogen-bond acceptors (Lipinski definition) is 5. The molecule has 0 aliphatic heterocycles. The lowest BCUT2D eigenvalue weighted by Crippen LogP contribution is -2.31. The van der Waals surface area contributed by atoms with Gasteiger partial charge in [-0.05, 0) is 42.8 Å². The van der Waals surface area contributed by atoms with Gasteiger partial charge in [0.15, 0.2) is 5.69 Å². The Morgan fingerprint density at radius 1 is 1.24 bits per heavy atom. The van der Waals surface area contributed by atoms with Gasteiger partial charge in [0, 0.05) is 4.47 Å². The zero-order chi connectivity index (χ0) is 21.0. The van der Waals surface area contributed by atoms with Crippen molar-refractivity contribution in [3.05, 3.63) is 75.8 Å². The van der Waals surface area contributed by atoms with Crippen LogP contribution in [-0.2, 0) is 9.53 Å². The maximum absolute atomic E-state index is 13.2. The van der Waals surface area contributed by atoms with Gasteiger partial charge in [0.25, 0.3) is 5.91 Å². The summed E-state index contributed by atoms with van der Waals surface area (Å²) in [4.78, 5) is 24.6. The van der Waals surface area contributed by atoms with Gasteiger partial charge in [-0.25, -0.2) is 9.07 Å². The Morgan fingerprint density at radius 2 is 1.97 bits per heavy atom. The molecule has 0 aliphatic carbocycles. The summed E-state index contributed by atoms with van der Waals surface area (Å²) in [7, 11) is 1.26. The molecule has 7 nitrogen and oxygen atoms in total. The molecule has 29 heavy (non-hydrogen) atoms. The number of ether oxygens (including phenoxy) is 1. The van der Waals surface area contributed by atoms with Crippen LogP contribution in [-0.4, -0.2) is 34.0 Å². The van der Waals surface area contributed by atoms with Crippen LogP contribution in [0.25, 0.3) is 5.69 Å². The van der Waals surface area contributed by atoms with Crippen molar-refractivity contribution < 1.29 is 18.7 Å². The summed E-state index contributed by atoms with van der Waals surface area (Å²) < 4.78 is 20.4. The number of nitrogens with zero attached hydrogens (tertiary/aromatic N) is 3. The number of methoxy groups -OCH3 is 1. The SMILES string of the molecule is COC(=O)CC(NC(=O)c1nnn(-c2cccc(Br)c2)c1C)c1ccc(F)cc1. The number of esters is 1. The largest absolute Gasteiger partial charge is 0.469 e. The van der Waals surface area contributed by atoms with Crippen molar-refractivity contribution in [3.8, 4) is 5.69 Å². The summed E-state index contributed by atoms with van der Waals surface area (Å²) in [6, 6.07) is 12.3. The summed E-state index contributed by atoms with van der Waals surface area (Å²) in [6.45, 7) is 1.73. The first-order valence-corrected chi connectivity index (χ1v) is 9.49. The Hall–Kier alpha value is -3.07. The third-order valence-electron chi connectivity index (χ3n) is 4.34. The topological polar surface area (TPSA) is 86.1 Å². The van der Waals surface area contributed by atoms with Crippen LogP contribution in [0.3, 0.4) is 0 Å². The molecule has 1 heterocycles. The third kappa shape index (κ3) is 4.86. The average Bonchev–Trinajstić information content (AvgIpc) is 3.09. The van der Waals surface area contributed by atoms with Crippen LogP contribution in [0.2, 0.25) is 0 Å². The molecule has 0 fully saturated rings. The summed E-state index contributed by atoms with van der Waals surface area (Å²) in [5, 5.41) is 10.8. The smallest absolute Gasteiger partial charge is 0.307 e. The summed E-state index contributed by atoms with van der Waals surface area (Å²) in [6.07, 6.45) is -0.104. The molecular formula is C20H18BrFN4O3. The van der Waals surface area contributed by atoms with Gasteiger partial charge < -0.3 is 10.1 Å². The quantitative estimate of drug-likeness (QED) is 0.568. The second-order valence-corrected chi connectivity index (χ2v) is 7.19. The lowest BCUT2D eigenvalue weighted by molar-refractivity contribution is -0.141. The first-order chi connectivity index (χ1) is 13.9. The second-order valence-electron chi connectivity index (χ2n) is 6.27. The summed E-state index contributed by atoms with van der Waals surface area (Å²) in [5.41, 5.74) is 1.98. The maximum Gasteiger partial charge on any atom is 0.307 e. The van der Waals surface area contributed by atoms with E-state index in [9.17, 15) is 14.0 Å². The molecule has 0 spiro atoms. The molecule has 150 valence electrons. The van der Waals surface area contributed by atoms with Crippen LogP contribution in [0.15, 0.2) is 53.0 Å². The minimum absolute atomic E-state index is 0.104. The van der Waals surface area contributed by atoms with Crippen LogP contribution in [0.4, 0.5) is 4.39 Å². The number of benzene rings is 2. The van der Waals surface area contributed by atoms with Crippen LogP contribution in [0.1, 0.15) is 34.2 Å². The van der Waals surface area contributed by atoms with Crippen molar-refractivity contribution in [2.24, 2.45) is 0 Å². The van der Waals surface area contributed by atoms with Gasteiger partial charge >= 0.3 is 5.97 Å². The highest BCUT2D eigenvalue weighted by atomic mass is 79.9. The van der Waals surface area contributed by atoms with E-state index in [0.717, 1.165) is 10.2 Å². The molecule has 2 aromatic carbocycles. The monoisotopic (exact) mass is 460 g/mol. The molecule has 0 radical (unpaired) electrons. The highest BCUT2D eigenvalue weighted by molar-refractivity contribution is 9.10. The van der Waals surface area contributed by atoms with E-state index >= 15 is 0 Å². The van der Waals surface area contributed by atoms with E-state index in [1.807, 2.05) is 24.3 Å². The fraction of sp³-hybridized carbons (Fsp3) is 0.200. The van der Waals surface area contributed by atoms with Gasteiger partial charge in [0.05, 0.1) is 31.0 Å². The van der Waals surface area contributed by atoms with Gasteiger partial charge in [-0.15, -0.1) is 5.10 Å². The average molecular weight is 461 g/mol. The predicted molar refractivity (Wildman–Crippen MR) is 107 cm³/mol. The van der Waals surface area contributed by atoms with Crippen LogP contribution in [0, 0.1) is 12.7 Å². The van der Waals surface area contributed by atoms with Crippen LogP contribution >= 0.6 is 15.9 Å². The molecule has 0 saturated carbocycles. The predicted octanol–water partition coefficient (Wildman–Crippen LogP) is 3.51. The van der Waals surface area contributed by atoms with Crippen molar-refractivity contribution >= 4 is 27.8 Å². The minimum Gasteiger partial charge on any atom is -0.469 e. The van der Waals surface area contributed by atoms with Crippen molar-refractivity contribution in [1.29, 1.82) is 0 Å². The van der Waals surface area contributed by atoms with Crippen molar-refractivity contribution in [1.82, 2.24) is 20.3 Å². The molecule has 1 atom stereocenters. The number of carbonyl (C=O) groups excluding carboxylic acids is 2. The standard InChI is InChI=1S/C20H18BrFN4O3/c1-12-19(24-25-26(12)16-5-3-4-14(21)10-16)20(28)23-17(11-18(27)29-2)13-6-8-15(22)9-7-13/h3-10,17H,11H2,1-2H3,(H,23,28). The molecule has 3 aromatic rings. The van der Waals surface area contributed by atoms with E-state index in [0.29, 0.717) is 11.3 Å². The number of hydrogen-bond donors (Lipinski definition) is 1. The zero-order valence-electron chi connectivity index (χ0n) is 15.7. The molecule has 1 amide bonds. The highest BCUT2D eigenvalue weighted by Crippen LogP contribution is 2.21. The number of amides is 1. The molecule has 3 rings (SSSR count). The van der Waals surface area contributed by atoms with Gasteiger partial charge in [-0.2, -0.15) is 0 Å². The normalized spacial score (nSPS) is 11.7. The number of rotatable bonds is 6. The van der Waals surface area contributed by atoms with E-state index in [4.69, 9.17) is 4.74 Å². The van der Waals surface area contributed by atoms with Crippen LogP contribution in [0.5, 0.6) is 0 Å². The van der Waals surface area contributed by atoms with Crippen molar-refractivity contribution in [2.75, 3.05) is 7.11 Å². The molecule has 0 saturated heterocycles. The summed E-state index contributed by atoms with van der Waals surface area (Å²) in [5.74, 6) is -1.42. The lowest BCUT2D eigenvalue weighted by atomic mass is 10.0. The second kappa shape index (κ2) is 8.95. The maximum atomic E-state index is 13.2. The minimum atomic E-state index is -0.703. The van der Waals surface area contributed by atoms with Crippen molar-refractivity contribution in [3.63, 3.8) is 0 Å². The Bertz CT molecular complexity index is 1040. The first kappa shape index (κ1) is 20.7. The molecule has 9 heteroatoms. The number of carbonyl (C=O) groups is 2. The molecular weight excluding hydrogens is 443 g/mol. The van der Waals surface area contributed by atoms with E-state index in [2.05, 4.69) is 31.6 Å². The Morgan fingerprint density at radius 3 is 2.62 bits per heavy atom. The van der Waals surface area contributed by atoms with E-state index < -0.39 is 23.7 Å². The molecule has 1 unspecified atom stereocenters. The zero-order valence-corrected chi connectivity index (χ0v) is 17.3. The first-order valence-electron chi connectivity index (χ1n) is 8.70. The molecule has 1 N–H and O–H groups in total. The number of halogens is 2. The van der Waals surface area contributed by atoms with Crippen LogP contribution < -0.4 is 5.32 Å². The van der Waals surface area contributed by atoms with Gasteiger partial charge in [-0.1, -0.05) is 39.3 Å². The van der Waals surface area contributed by atoms with Gasteiger partial charge in [0.1, 0.15) is 5.82 Å². The fourth-order valence-electron chi connectivity index (χ4n) is 2.82. The fourth-order valence-corrected chi connectivity index (χ4v) is 3.20.